The first-order valence-corrected chi connectivity index (χ1v) is 8.35. The summed E-state index contributed by atoms with van der Waals surface area (Å²) >= 11 is 0. The van der Waals surface area contributed by atoms with Crippen LogP contribution in [0.15, 0.2) is 34.3 Å². The van der Waals surface area contributed by atoms with Crippen LogP contribution >= 0.6 is 0 Å². The molecule has 0 radical (unpaired) electrons. The fourth-order valence-corrected chi connectivity index (χ4v) is 2.30. The Bertz CT molecular complexity index is 793. The Balaban J connectivity index is 2.21. The fraction of sp³-hybridized carbons (Fsp3) is 0.412. The van der Waals surface area contributed by atoms with Crippen molar-refractivity contribution in [3.05, 3.63) is 29.8 Å². The zero-order chi connectivity index (χ0) is 20.6. The number of rotatable bonds is 7. The quantitative estimate of drug-likeness (QED) is 0.612. The van der Waals surface area contributed by atoms with Crippen LogP contribution in [0.2, 0.25) is 0 Å². The Morgan fingerprint density at radius 2 is 2.36 bits per heavy atom. The second-order valence-electron chi connectivity index (χ2n) is 5.81. The van der Waals surface area contributed by atoms with Crippen LogP contribution in [-0.4, -0.2) is 49.8 Å². The molecule has 3 N–H and O–H groups in total. The van der Waals surface area contributed by atoms with Gasteiger partial charge in [-0.05, 0) is 13.6 Å². The van der Waals surface area contributed by atoms with Gasteiger partial charge in [0.2, 0.25) is 0 Å². The van der Waals surface area contributed by atoms with Crippen LogP contribution in [0.5, 0.6) is 0 Å². The predicted octanol–water partition coefficient (Wildman–Crippen LogP) is 2.40. The first kappa shape index (κ1) is 21.3. The predicted molar refractivity (Wildman–Crippen MR) is 100 cm³/mol. The van der Waals surface area contributed by atoms with Crippen LogP contribution in [0.1, 0.15) is 12.5 Å². The van der Waals surface area contributed by atoms with Crippen molar-refractivity contribution in [1.82, 2.24) is 10.3 Å². The second kappa shape index (κ2) is 9.82. The molecule has 1 aromatic rings. The van der Waals surface area contributed by atoms with Crippen LogP contribution in [0.4, 0.5) is 24.7 Å². The van der Waals surface area contributed by atoms with Gasteiger partial charge in [0.15, 0.2) is 0 Å². The number of halogens is 3. The number of anilines is 2. The second-order valence-corrected chi connectivity index (χ2v) is 5.81. The highest BCUT2D eigenvalue weighted by Crippen LogP contribution is 2.35. The average molecular weight is 395 g/mol. The Hall–Kier alpha value is -2.97. The summed E-state index contributed by atoms with van der Waals surface area (Å²) in [7, 11) is 0. The molecule has 1 unspecified atom stereocenters. The Morgan fingerprint density at radius 3 is 2.96 bits per heavy atom. The number of aromatic nitrogens is 1. The van der Waals surface area contributed by atoms with E-state index in [1.165, 1.54) is 19.2 Å². The summed E-state index contributed by atoms with van der Waals surface area (Å²) in [5.41, 5.74) is -0.844. The summed E-state index contributed by atoms with van der Waals surface area (Å²) in [6, 6.07) is 3.06. The van der Waals surface area contributed by atoms with Crippen molar-refractivity contribution >= 4 is 23.9 Å². The molecule has 1 aliphatic heterocycles. The molecule has 0 spiro atoms. The maximum atomic E-state index is 13.3. The van der Waals surface area contributed by atoms with Gasteiger partial charge in [-0.15, -0.1) is 0 Å². The van der Waals surface area contributed by atoms with E-state index in [4.69, 9.17) is 10.00 Å². The van der Waals surface area contributed by atoms with Gasteiger partial charge >= 0.3 is 6.18 Å². The molecule has 0 amide bonds. The van der Waals surface area contributed by atoms with Gasteiger partial charge in [0, 0.05) is 31.9 Å². The lowest BCUT2D eigenvalue weighted by Gasteiger charge is -2.25. The van der Waals surface area contributed by atoms with Crippen LogP contribution in [0, 0.1) is 11.3 Å². The largest absolute Gasteiger partial charge is 0.419 e. The summed E-state index contributed by atoms with van der Waals surface area (Å²) in [5.74, 6) is 0.245. The molecule has 0 saturated carbocycles. The molecule has 8 nitrogen and oxygen atoms in total. The molecule has 0 bridgehead atoms. The van der Waals surface area contributed by atoms with E-state index in [2.05, 4.69) is 37.6 Å². The van der Waals surface area contributed by atoms with Gasteiger partial charge < -0.3 is 20.7 Å². The van der Waals surface area contributed by atoms with Crippen molar-refractivity contribution in [1.29, 1.82) is 5.26 Å². The molecule has 1 aromatic heterocycles. The maximum absolute atomic E-state index is 13.3. The van der Waals surface area contributed by atoms with Crippen molar-refractivity contribution in [3.8, 4) is 6.07 Å². The van der Waals surface area contributed by atoms with Crippen LogP contribution in [0.3, 0.4) is 0 Å². The lowest BCUT2D eigenvalue weighted by atomic mass is 10.2. The van der Waals surface area contributed by atoms with Crippen molar-refractivity contribution in [2.24, 2.45) is 9.98 Å². The molecule has 2 rings (SSSR count). The number of ether oxygens (including phenoxy) is 1. The van der Waals surface area contributed by atoms with Gasteiger partial charge in [0.1, 0.15) is 23.4 Å². The Morgan fingerprint density at radius 1 is 1.57 bits per heavy atom. The number of pyridine rings is 1. The van der Waals surface area contributed by atoms with E-state index >= 15 is 0 Å². The lowest BCUT2D eigenvalue weighted by Crippen LogP contribution is -2.42. The summed E-state index contributed by atoms with van der Waals surface area (Å²) < 4.78 is 45.4. The van der Waals surface area contributed by atoms with Gasteiger partial charge in [-0.1, -0.05) is 0 Å². The molecular formula is C17H20F3N7O. The molecule has 1 aliphatic rings. The highest BCUT2D eigenvalue weighted by molar-refractivity contribution is 5.96. The van der Waals surface area contributed by atoms with E-state index in [1.54, 1.807) is 0 Å². The molecule has 11 heteroatoms. The van der Waals surface area contributed by atoms with Gasteiger partial charge in [-0.25, -0.2) is 15.0 Å². The number of hydrogen-bond acceptors (Lipinski definition) is 8. The van der Waals surface area contributed by atoms with E-state index in [1.807, 2.05) is 6.07 Å². The molecule has 150 valence electrons. The monoisotopic (exact) mass is 395 g/mol. The topological polar surface area (TPSA) is 107 Å². The van der Waals surface area contributed by atoms with E-state index in [0.717, 1.165) is 6.20 Å². The molecular weight excluding hydrogens is 375 g/mol. The standard InChI is InChI=1S/C17H20F3N7O/c1-11(6-21)24-10-16(22-2)27-15-5-14(13(9-26-15)17(18,19)20)25-8-12-7-23-3-4-28-12/h5,9-10,12,23H,2-4,7-8H2,1H3,(H2,25,26,27)/b16-10+,24-11?. The Labute approximate surface area is 160 Å². The van der Waals surface area contributed by atoms with Crippen LogP contribution in [0.25, 0.3) is 0 Å². The first-order valence-electron chi connectivity index (χ1n) is 8.35. The molecule has 0 aromatic carbocycles. The van der Waals surface area contributed by atoms with E-state index in [0.29, 0.717) is 19.7 Å². The highest BCUT2D eigenvalue weighted by atomic mass is 19.4. The molecule has 28 heavy (non-hydrogen) atoms. The maximum Gasteiger partial charge on any atom is 0.419 e. The van der Waals surface area contributed by atoms with Gasteiger partial charge in [0.25, 0.3) is 0 Å². The molecule has 0 aliphatic carbocycles. The third-order valence-electron chi connectivity index (χ3n) is 3.70. The van der Waals surface area contributed by atoms with Crippen LogP contribution < -0.4 is 16.0 Å². The number of hydrogen-bond donors (Lipinski definition) is 3. The number of nitrogens with one attached hydrogen (secondary N) is 3. The van der Waals surface area contributed by atoms with Crippen molar-refractivity contribution in [2.45, 2.75) is 19.2 Å². The average Bonchev–Trinajstić information content (AvgIpc) is 2.69. The number of nitrogens with zero attached hydrogens (tertiary/aromatic N) is 4. The zero-order valence-electron chi connectivity index (χ0n) is 15.2. The number of nitriles is 1. The Kier molecular flexibility index (Phi) is 7.48. The van der Waals surface area contributed by atoms with E-state index in [-0.39, 0.29) is 35.7 Å². The normalized spacial score (nSPS) is 18.3. The summed E-state index contributed by atoms with van der Waals surface area (Å²) in [4.78, 5) is 11.3. The minimum atomic E-state index is -4.57. The zero-order valence-corrected chi connectivity index (χ0v) is 15.2. The number of morpholine rings is 1. The molecule has 1 fully saturated rings. The number of aliphatic imine (C=N–C) groups is 2. The van der Waals surface area contributed by atoms with E-state index < -0.39 is 11.7 Å². The molecule has 1 saturated heterocycles. The highest BCUT2D eigenvalue weighted by Gasteiger charge is 2.34. The van der Waals surface area contributed by atoms with Gasteiger partial charge in [0.05, 0.1) is 30.2 Å². The lowest BCUT2D eigenvalue weighted by molar-refractivity contribution is -0.137. The smallest absolute Gasteiger partial charge is 0.382 e. The van der Waals surface area contributed by atoms with Crippen LogP contribution in [-0.2, 0) is 10.9 Å². The third kappa shape index (κ3) is 6.33. The first-order chi connectivity index (χ1) is 13.3. The van der Waals surface area contributed by atoms with Crippen molar-refractivity contribution in [2.75, 3.05) is 36.9 Å². The fourth-order valence-electron chi connectivity index (χ4n) is 2.30. The summed E-state index contributed by atoms with van der Waals surface area (Å²) in [5, 5.41) is 17.3. The van der Waals surface area contributed by atoms with E-state index in [9.17, 15) is 13.2 Å². The summed E-state index contributed by atoms with van der Waals surface area (Å²) in [6.07, 6.45) is -2.84. The SMILES string of the molecule is C=N/C(=C\N=C(C)C#N)Nc1cc(NCC2CNCCO2)c(C(F)(F)F)cn1. The summed E-state index contributed by atoms with van der Waals surface area (Å²) in [6.45, 7) is 6.82. The number of alkyl halides is 3. The molecule has 1 atom stereocenters. The van der Waals surface area contributed by atoms with Crippen molar-refractivity contribution < 1.29 is 17.9 Å². The van der Waals surface area contributed by atoms with Crippen molar-refractivity contribution in [3.63, 3.8) is 0 Å². The van der Waals surface area contributed by atoms with Gasteiger partial charge in [-0.2, -0.15) is 18.4 Å². The van der Waals surface area contributed by atoms with Gasteiger partial charge in [-0.3, -0.25) is 0 Å². The minimum absolute atomic E-state index is 0.113. The molecule has 2 heterocycles. The minimum Gasteiger partial charge on any atom is -0.382 e. The third-order valence-corrected chi connectivity index (χ3v) is 3.70.